The molecule has 1 saturated heterocycles. The van der Waals surface area contributed by atoms with Gasteiger partial charge in [0, 0.05) is 31.9 Å². The molecule has 1 aliphatic rings. The molecule has 9 heteroatoms. The number of hydrogen-bond donors (Lipinski definition) is 2. The lowest BCUT2D eigenvalue weighted by Gasteiger charge is -2.31. The van der Waals surface area contributed by atoms with Crippen molar-refractivity contribution in [2.24, 2.45) is 0 Å². The molecule has 0 unspecified atom stereocenters. The highest BCUT2D eigenvalue weighted by Gasteiger charge is 2.24. The van der Waals surface area contributed by atoms with E-state index in [2.05, 4.69) is 14.9 Å². The lowest BCUT2D eigenvalue weighted by molar-refractivity contribution is 0.373. The van der Waals surface area contributed by atoms with Gasteiger partial charge in [0.25, 0.3) is 10.0 Å². The van der Waals surface area contributed by atoms with E-state index in [-0.39, 0.29) is 16.1 Å². The molecule has 0 spiro atoms. The van der Waals surface area contributed by atoms with Gasteiger partial charge in [-0.2, -0.15) is 4.39 Å². The van der Waals surface area contributed by atoms with Gasteiger partial charge in [0.05, 0.1) is 17.7 Å². The molecular formula is C20H25F2N3O3S. The largest absolute Gasteiger partial charge is 0.491 e. The van der Waals surface area contributed by atoms with E-state index in [4.69, 9.17) is 4.74 Å². The fourth-order valence-electron chi connectivity index (χ4n) is 3.43. The van der Waals surface area contributed by atoms with Gasteiger partial charge in [-0.1, -0.05) is 13.0 Å². The first-order valence-electron chi connectivity index (χ1n) is 9.42. The minimum Gasteiger partial charge on any atom is -0.491 e. The van der Waals surface area contributed by atoms with Crippen LogP contribution in [0.15, 0.2) is 29.2 Å². The van der Waals surface area contributed by atoms with Crippen molar-refractivity contribution in [2.45, 2.75) is 25.2 Å². The number of ether oxygens (including phenoxy) is 1. The lowest BCUT2D eigenvalue weighted by atomic mass is 10.1. The molecule has 158 valence electrons. The van der Waals surface area contributed by atoms with Crippen LogP contribution in [-0.4, -0.2) is 41.7 Å². The molecule has 1 fully saturated rings. The molecule has 0 amide bonds. The van der Waals surface area contributed by atoms with Gasteiger partial charge in [-0.15, -0.1) is 0 Å². The SMILES string of the molecule is CCc1ccc(S(=O)(=O)Nc2cc(C)c(F)c(F)c2OC)cc1N1CCNCC1. The Kier molecular flexibility index (Phi) is 6.28. The highest BCUT2D eigenvalue weighted by Crippen LogP contribution is 2.34. The van der Waals surface area contributed by atoms with Gasteiger partial charge in [-0.05, 0) is 42.7 Å². The second-order valence-electron chi connectivity index (χ2n) is 6.89. The number of piperazine rings is 1. The number of hydrogen-bond acceptors (Lipinski definition) is 5. The Morgan fingerprint density at radius 2 is 1.86 bits per heavy atom. The topological polar surface area (TPSA) is 70.7 Å². The molecule has 2 N–H and O–H groups in total. The first kappa shape index (κ1) is 21.3. The zero-order chi connectivity index (χ0) is 21.2. The van der Waals surface area contributed by atoms with E-state index in [0.717, 1.165) is 51.0 Å². The maximum atomic E-state index is 14.2. The highest BCUT2D eigenvalue weighted by atomic mass is 32.2. The Morgan fingerprint density at radius 1 is 1.17 bits per heavy atom. The predicted octanol–water partition coefficient (Wildman–Crippen LogP) is 3.05. The van der Waals surface area contributed by atoms with Crippen LogP contribution >= 0.6 is 0 Å². The summed E-state index contributed by atoms with van der Waals surface area (Å²) in [5.74, 6) is -2.78. The number of methoxy groups -OCH3 is 1. The Bertz CT molecular complexity index is 1010. The number of aryl methyl sites for hydroxylation is 2. The van der Waals surface area contributed by atoms with Crippen LogP contribution in [0, 0.1) is 18.6 Å². The zero-order valence-corrected chi connectivity index (χ0v) is 17.5. The molecular weight excluding hydrogens is 400 g/mol. The lowest BCUT2D eigenvalue weighted by Crippen LogP contribution is -2.44. The van der Waals surface area contributed by atoms with Gasteiger partial charge < -0.3 is 15.0 Å². The Labute approximate surface area is 169 Å². The van der Waals surface area contributed by atoms with Crippen LogP contribution in [0.2, 0.25) is 0 Å². The number of nitrogens with zero attached hydrogens (tertiary/aromatic N) is 1. The summed E-state index contributed by atoms with van der Waals surface area (Å²) in [5, 5.41) is 3.27. The van der Waals surface area contributed by atoms with Crippen LogP contribution in [0.25, 0.3) is 0 Å². The van der Waals surface area contributed by atoms with Gasteiger partial charge in [0.2, 0.25) is 5.82 Å². The molecule has 0 atom stereocenters. The number of rotatable bonds is 6. The molecule has 1 aliphatic heterocycles. The van der Waals surface area contributed by atoms with Crippen LogP contribution < -0.4 is 19.7 Å². The zero-order valence-electron chi connectivity index (χ0n) is 16.7. The second kappa shape index (κ2) is 8.54. The van der Waals surface area contributed by atoms with Crippen molar-refractivity contribution in [3.8, 4) is 5.75 Å². The van der Waals surface area contributed by atoms with Crippen molar-refractivity contribution in [3.05, 3.63) is 47.0 Å². The first-order valence-corrected chi connectivity index (χ1v) is 10.9. The summed E-state index contributed by atoms with van der Waals surface area (Å²) in [7, 11) is -2.88. The van der Waals surface area contributed by atoms with Gasteiger partial charge in [-0.25, -0.2) is 12.8 Å². The monoisotopic (exact) mass is 425 g/mol. The summed E-state index contributed by atoms with van der Waals surface area (Å²) in [6, 6.07) is 6.16. The van der Waals surface area contributed by atoms with Crippen molar-refractivity contribution in [3.63, 3.8) is 0 Å². The van der Waals surface area contributed by atoms with Crippen LogP contribution in [-0.2, 0) is 16.4 Å². The molecule has 0 saturated carbocycles. The molecule has 6 nitrogen and oxygen atoms in total. The van der Waals surface area contributed by atoms with E-state index in [1.165, 1.54) is 19.1 Å². The standard InChI is InChI=1S/C20H25F2N3O3S/c1-4-14-5-6-15(12-17(14)25-9-7-23-8-10-25)29(26,27)24-16-11-13(2)18(21)19(22)20(16)28-3/h5-6,11-12,23-24H,4,7-10H2,1-3H3. The average molecular weight is 426 g/mol. The van der Waals surface area contributed by atoms with Crippen LogP contribution in [0.1, 0.15) is 18.1 Å². The van der Waals surface area contributed by atoms with Crippen molar-refractivity contribution in [2.75, 3.05) is 42.9 Å². The average Bonchev–Trinajstić information content (AvgIpc) is 2.72. The molecule has 0 bridgehead atoms. The van der Waals surface area contributed by atoms with Crippen molar-refractivity contribution >= 4 is 21.4 Å². The molecule has 1 heterocycles. The second-order valence-corrected chi connectivity index (χ2v) is 8.57. The van der Waals surface area contributed by atoms with Gasteiger partial charge >= 0.3 is 0 Å². The van der Waals surface area contributed by atoms with Crippen LogP contribution in [0.3, 0.4) is 0 Å². The molecule has 2 aromatic rings. The number of benzene rings is 2. The van der Waals surface area contributed by atoms with Crippen molar-refractivity contribution in [1.82, 2.24) is 5.32 Å². The normalized spacial score (nSPS) is 14.7. The number of halogens is 2. The third kappa shape index (κ3) is 4.30. The Hall–Kier alpha value is -2.39. The summed E-state index contributed by atoms with van der Waals surface area (Å²) in [4.78, 5) is 2.20. The van der Waals surface area contributed by atoms with E-state index in [1.54, 1.807) is 12.1 Å². The van der Waals surface area contributed by atoms with Crippen molar-refractivity contribution in [1.29, 1.82) is 0 Å². The quantitative estimate of drug-likeness (QED) is 0.745. The summed E-state index contributed by atoms with van der Waals surface area (Å²) in [6.07, 6.45) is 0.767. The van der Waals surface area contributed by atoms with Crippen LogP contribution in [0.5, 0.6) is 5.75 Å². The van der Waals surface area contributed by atoms with Crippen LogP contribution in [0.4, 0.5) is 20.2 Å². The predicted molar refractivity (Wildman–Crippen MR) is 109 cm³/mol. The Balaban J connectivity index is 2.00. The number of sulfonamides is 1. The van der Waals surface area contributed by atoms with E-state index >= 15 is 0 Å². The summed E-state index contributed by atoms with van der Waals surface area (Å²) in [5.41, 5.74) is 1.74. The fraction of sp³-hybridized carbons (Fsp3) is 0.400. The van der Waals surface area contributed by atoms with Gasteiger partial charge in [0.1, 0.15) is 0 Å². The molecule has 0 aromatic heterocycles. The third-order valence-electron chi connectivity index (χ3n) is 5.00. The number of anilines is 2. The maximum Gasteiger partial charge on any atom is 0.262 e. The van der Waals surface area contributed by atoms with E-state index in [1.807, 2.05) is 6.92 Å². The smallest absolute Gasteiger partial charge is 0.262 e. The first-order chi connectivity index (χ1) is 13.8. The maximum absolute atomic E-state index is 14.2. The van der Waals surface area contributed by atoms with Crippen molar-refractivity contribution < 1.29 is 21.9 Å². The molecule has 3 rings (SSSR count). The highest BCUT2D eigenvalue weighted by molar-refractivity contribution is 7.92. The van der Waals surface area contributed by atoms with Gasteiger partial charge in [-0.3, -0.25) is 4.72 Å². The molecule has 2 aromatic carbocycles. The summed E-state index contributed by atoms with van der Waals surface area (Å²) < 4.78 is 61.2. The third-order valence-corrected chi connectivity index (χ3v) is 6.36. The molecule has 29 heavy (non-hydrogen) atoms. The van der Waals surface area contributed by atoms with E-state index in [0.29, 0.717) is 0 Å². The molecule has 0 aliphatic carbocycles. The van der Waals surface area contributed by atoms with Gasteiger partial charge in [0.15, 0.2) is 11.6 Å². The fourth-order valence-corrected chi connectivity index (χ4v) is 4.50. The number of nitrogens with one attached hydrogen (secondary N) is 2. The minimum atomic E-state index is -4.04. The molecule has 0 radical (unpaired) electrons. The Morgan fingerprint density at radius 3 is 2.48 bits per heavy atom. The minimum absolute atomic E-state index is 0.0242. The summed E-state index contributed by atoms with van der Waals surface area (Å²) in [6.45, 7) is 6.57. The van der Waals surface area contributed by atoms with E-state index in [9.17, 15) is 17.2 Å². The van der Waals surface area contributed by atoms with E-state index < -0.39 is 27.4 Å². The summed E-state index contributed by atoms with van der Waals surface area (Å²) >= 11 is 0.